The van der Waals surface area contributed by atoms with Crippen molar-refractivity contribution in [3.8, 4) is 0 Å². The summed E-state index contributed by atoms with van der Waals surface area (Å²) in [5.41, 5.74) is 2.53. The standard InChI is InChI=1S/C17H24N2O2/c1-12-5-6-13(2)14(9-12)15(20)10-19-8-7-17(3,11-19)16(21)18-4/h5-6,9H,7-8,10-11H2,1-4H3,(H,18,21). The van der Waals surface area contributed by atoms with Crippen molar-refractivity contribution in [1.29, 1.82) is 0 Å². The fourth-order valence-corrected chi connectivity index (χ4v) is 3.00. The van der Waals surface area contributed by atoms with E-state index in [2.05, 4.69) is 10.2 Å². The van der Waals surface area contributed by atoms with Gasteiger partial charge in [-0.05, 0) is 45.4 Å². The zero-order valence-electron chi connectivity index (χ0n) is 13.3. The summed E-state index contributed by atoms with van der Waals surface area (Å²) in [4.78, 5) is 26.5. The molecule has 4 heteroatoms. The van der Waals surface area contributed by atoms with Gasteiger partial charge in [-0.25, -0.2) is 0 Å². The molecular weight excluding hydrogens is 264 g/mol. The molecule has 1 aromatic rings. The number of carbonyl (C=O) groups excluding carboxylic acids is 2. The van der Waals surface area contributed by atoms with Gasteiger partial charge in [0.25, 0.3) is 0 Å². The minimum Gasteiger partial charge on any atom is -0.359 e. The van der Waals surface area contributed by atoms with E-state index < -0.39 is 0 Å². The number of likely N-dealkylation sites (tertiary alicyclic amines) is 1. The molecule has 1 aromatic carbocycles. The number of rotatable bonds is 4. The lowest BCUT2D eigenvalue weighted by Gasteiger charge is -2.22. The molecule has 0 spiro atoms. The van der Waals surface area contributed by atoms with E-state index in [0.29, 0.717) is 13.1 Å². The number of hydrogen-bond donors (Lipinski definition) is 1. The molecular formula is C17H24N2O2. The maximum Gasteiger partial charge on any atom is 0.227 e. The number of carbonyl (C=O) groups is 2. The third-order valence-corrected chi connectivity index (χ3v) is 4.39. The van der Waals surface area contributed by atoms with Gasteiger partial charge in [0.2, 0.25) is 5.91 Å². The fraction of sp³-hybridized carbons (Fsp3) is 0.529. The van der Waals surface area contributed by atoms with E-state index in [1.54, 1.807) is 7.05 Å². The maximum atomic E-state index is 12.5. The topological polar surface area (TPSA) is 49.4 Å². The minimum atomic E-state index is -0.378. The molecule has 1 atom stereocenters. The average Bonchev–Trinajstić information content (AvgIpc) is 2.83. The number of aryl methyl sites for hydroxylation is 2. The van der Waals surface area contributed by atoms with Crippen molar-refractivity contribution < 1.29 is 9.59 Å². The van der Waals surface area contributed by atoms with Gasteiger partial charge < -0.3 is 5.32 Å². The zero-order chi connectivity index (χ0) is 15.6. The Labute approximate surface area is 126 Å². The molecule has 1 N–H and O–H groups in total. The minimum absolute atomic E-state index is 0.0594. The lowest BCUT2D eigenvalue weighted by Crippen LogP contribution is -2.40. The third-order valence-electron chi connectivity index (χ3n) is 4.39. The largest absolute Gasteiger partial charge is 0.359 e. The van der Waals surface area contributed by atoms with Gasteiger partial charge in [-0.3, -0.25) is 14.5 Å². The van der Waals surface area contributed by atoms with E-state index in [1.807, 2.05) is 39.0 Å². The molecule has 1 unspecified atom stereocenters. The van der Waals surface area contributed by atoms with E-state index in [1.165, 1.54) is 0 Å². The molecule has 0 bridgehead atoms. The predicted molar refractivity (Wildman–Crippen MR) is 83.5 cm³/mol. The quantitative estimate of drug-likeness (QED) is 0.862. The van der Waals surface area contributed by atoms with Crippen molar-refractivity contribution in [3.63, 3.8) is 0 Å². The molecule has 1 saturated heterocycles. The van der Waals surface area contributed by atoms with E-state index in [4.69, 9.17) is 0 Å². The van der Waals surface area contributed by atoms with Gasteiger partial charge >= 0.3 is 0 Å². The first kappa shape index (κ1) is 15.7. The van der Waals surface area contributed by atoms with E-state index in [0.717, 1.165) is 29.7 Å². The molecule has 0 saturated carbocycles. The first-order chi connectivity index (χ1) is 9.85. The number of ketones is 1. The Kier molecular flexibility index (Phi) is 4.47. The van der Waals surface area contributed by atoms with E-state index >= 15 is 0 Å². The number of Topliss-reactive ketones (excluding diaryl/α,β-unsaturated/α-hetero) is 1. The van der Waals surface area contributed by atoms with Crippen LogP contribution in [0.25, 0.3) is 0 Å². The Morgan fingerprint density at radius 2 is 2.05 bits per heavy atom. The summed E-state index contributed by atoms with van der Waals surface area (Å²) in [6.07, 6.45) is 0.798. The van der Waals surface area contributed by atoms with Gasteiger partial charge in [0.1, 0.15) is 0 Å². The summed E-state index contributed by atoms with van der Waals surface area (Å²) < 4.78 is 0. The average molecular weight is 288 g/mol. The molecule has 2 rings (SSSR count). The Morgan fingerprint density at radius 1 is 1.33 bits per heavy atom. The fourth-order valence-electron chi connectivity index (χ4n) is 3.00. The van der Waals surface area contributed by atoms with Crippen LogP contribution in [0, 0.1) is 19.3 Å². The Balaban J connectivity index is 2.05. The second kappa shape index (κ2) is 5.98. The van der Waals surface area contributed by atoms with Crippen LogP contribution < -0.4 is 5.32 Å². The second-order valence-electron chi connectivity index (χ2n) is 6.34. The van der Waals surface area contributed by atoms with Crippen LogP contribution in [0.1, 0.15) is 34.8 Å². The van der Waals surface area contributed by atoms with Gasteiger partial charge in [0, 0.05) is 19.2 Å². The summed E-state index contributed by atoms with van der Waals surface area (Å²) >= 11 is 0. The summed E-state index contributed by atoms with van der Waals surface area (Å²) in [7, 11) is 1.66. The first-order valence-corrected chi connectivity index (χ1v) is 7.41. The van der Waals surface area contributed by atoms with Crippen LogP contribution in [0.4, 0.5) is 0 Å². The van der Waals surface area contributed by atoms with Crippen molar-refractivity contribution >= 4 is 11.7 Å². The SMILES string of the molecule is CNC(=O)C1(C)CCN(CC(=O)c2cc(C)ccc2C)C1. The molecule has 0 radical (unpaired) electrons. The van der Waals surface area contributed by atoms with Crippen LogP contribution in [-0.2, 0) is 4.79 Å². The van der Waals surface area contributed by atoms with Crippen molar-refractivity contribution in [1.82, 2.24) is 10.2 Å². The van der Waals surface area contributed by atoms with Crippen molar-refractivity contribution in [3.05, 3.63) is 34.9 Å². The zero-order valence-corrected chi connectivity index (χ0v) is 13.3. The first-order valence-electron chi connectivity index (χ1n) is 7.41. The number of nitrogens with zero attached hydrogens (tertiary/aromatic N) is 1. The summed E-state index contributed by atoms with van der Waals surface area (Å²) in [5, 5.41) is 2.72. The van der Waals surface area contributed by atoms with Crippen LogP contribution in [0.5, 0.6) is 0 Å². The number of benzene rings is 1. The molecule has 114 valence electrons. The summed E-state index contributed by atoms with van der Waals surface area (Å²) in [6, 6.07) is 5.96. The summed E-state index contributed by atoms with van der Waals surface area (Å²) in [6.45, 7) is 7.74. The second-order valence-corrected chi connectivity index (χ2v) is 6.34. The predicted octanol–water partition coefficient (Wildman–Crippen LogP) is 1.94. The highest BCUT2D eigenvalue weighted by molar-refractivity contribution is 5.99. The Hall–Kier alpha value is -1.68. The monoisotopic (exact) mass is 288 g/mol. The third kappa shape index (κ3) is 3.32. The highest BCUT2D eigenvalue weighted by atomic mass is 16.2. The van der Waals surface area contributed by atoms with Crippen molar-refractivity contribution in [2.75, 3.05) is 26.7 Å². The van der Waals surface area contributed by atoms with E-state index in [-0.39, 0.29) is 17.1 Å². The Bertz CT molecular complexity index is 568. The van der Waals surface area contributed by atoms with Crippen LogP contribution in [0.3, 0.4) is 0 Å². The molecule has 4 nitrogen and oxygen atoms in total. The van der Waals surface area contributed by atoms with Gasteiger partial charge in [-0.1, -0.05) is 17.7 Å². The molecule has 1 aliphatic heterocycles. The molecule has 0 aromatic heterocycles. The number of nitrogens with one attached hydrogen (secondary N) is 1. The van der Waals surface area contributed by atoms with Crippen LogP contribution in [-0.4, -0.2) is 43.3 Å². The van der Waals surface area contributed by atoms with Gasteiger partial charge in [-0.15, -0.1) is 0 Å². The van der Waals surface area contributed by atoms with Gasteiger partial charge in [-0.2, -0.15) is 0 Å². The molecule has 1 heterocycles. The van der Waals surface area contributed by atoms with Gasteiger partial charge in [0.05, 0.1) is 12.0 Å². The van der Waals surface area contributed by atoms with Crippen LogP contribution in [0.2, 0.25) is 0 Å². The van der Waals surface area contributed by atoms with Gasteiger partial charge in [0.15, 0.2) is 5.78 Å². The molecule has 1 amide bonds. The van der Waals surface area contributed by atoms with Crippen LogP contribution in [0.15, 0.2) is 18.2 Å². The summed E-state index contributed by atoms with van der Waals surface area (Å²) in [5.74, 6) is 0.196. The number of hydrogen-bond acceptors (Lipinski definition) is 3. The lowest BCUT2D eigenvalue weighted by molar-refractivity contribution is -0.129. The Morgan fingerprint density at radius 3 is 2.71 bits per heavy atom. The maximum absolute atomic E-state index is 12.5. The molecule has 1 aliphatic rings. The molecule has 1 fully saturated rings. The van der Waals surface area contributed by atoms with Crippen molar-refractivity contribution in [2.24, 2.45) is 5.41 Å². The smallest absolute Gasteiger partial charge is 0.227 e. The van der Waals surface area contributed by atoms with Crippen molar-refractivity contribution in [2.45, 2.75) is 27.2 Å². The number of amides is 1. The van der Waals surface area contributed by atoms with E-state index in [9.17, 15) is 9.59 Å². The highest BCUT2D eigenvalue weighted by Crippen LogP contribution is 2.30. The lowest BCUT2D eigenvalue weighted by atomic mass is 9.89. The molecule has 0 aliphatic carbocycles. The normalized spacial score (nSPS) is 22.3. The highest BCUT2D eigenvalue weighted by Gasteiger charge is 2.40. The molecule has 21 heavy (non-hydrogen) atoms. The van der Waals surface area contributed by atoms with Crippen LogP contribution >= 0.6 is 0 Å².